The number of benzene rings is 1. The van der Waals surface area contributed by atoms with Gasteiger partial charge in [-0.25, -0.2) is 18.1 Å². The molecule has 3 rings (SSSR count). The minimum Gasteiger partial charge on any atom is -0.468 e. The topological polar surface area (TPSA) is 123 Å². The third-order valence-corrected chi connectivity index (χ3v) is 5.89. The summed E-state index contributed by atoms with van der Waals surface area (Å²) in [6, 6.07) is 5.46. The lowest BCUT2D eigenvalue weighted by Gasteiger charge is -2.36. The second-order valence-corrected chi connectivity index (χ2v) is 8.60. The number of nitrogens with zero attached hydrogens (tertiary/aromatic N) is 2. The van der Waals surface area contributed by atoms with Gasteiger partial charge in [-0.15, -0.1) is 0 Å². The third-order valence-electron chi connectivity index (χ3n) is 4.73. The normalized spacial score (nSPS) is 24.2. The molecule has 1 aliphatic rings. The Labute approximate surface area is 174 Å². The summed E-state index contributed by atoms with van der Waals surface area (Å²) >= 11 is 0. The average Bonchev–Trinajstić information content (AvgIpc) is 2.68. The van der Waals surface area contributed by atoms with Gasteiger partial charge in [0.05, 0.1) is 11.5 Å². The van der Waals surface area contributed by atoms with Crippen LogP contribution in [0.3, 0.4) is 0 Å². The van der Waals surface area contributed by atoms with E-state index in [0.717, 1.165) is 5.56 Å². The molecule has 10 heteroatoms. The molecular formula is C19H26N4O5S. The van der Waals surface area contributed by atoms with E-state index in [1.165, 1.54) is 24.3 Å². The van der Waals surface area contributed by atoms with Crippen LogP contribution in [0.5, 0.6) is 5.88 Å². The molecule has 2 heterocycles. The number of rotatable bonds is 7. The number of aliphatic hydroxyl groups is 1. The molecule has 0 unspecified atom stereocenters. The Morgan fingerprint density at radius 2 is 2.17 bits per heavy atom. The first kappa shape index (κ1) is 17.6. The Morgan fingerprint density at radius 3 is 2.83 bits per heavy atom. The first-order valence-corrected chi connectivity index (χ1v) is 10.6. The van der Waals surface area contributed by atoms with Crippen molar-refractivity contribution in [3.63, 3.8) is 0 Å². The van der Waals surface area contributed by atoms with Crippen molar-refractivity contribution in [2.45, 2.75) is 43.3 Å². The predicted octanol–water partition coefficient (Wildman–Crippen LogP) is 1.61. The zero-order valence-corrected chi connectivity index (χ0v) is 17.0. The quantitative estimate of drug-likeness (QED) is 0.611. The van der Waals surface area contributed by atoms with Gasteiger partial charge in [0.1, 0.15) is 5.60 Å². The Kier molecular flexibility index (Phi) is 5.22. The minimum atomic E-state index is -4.18. The average molecular weight is 426 g/mol. The molecule has 1 aromatic heterocycles. The Morgan fingerprint density at radius 1 is 1.41 bits per heavy atom. The van der Waals surface area contributed by atoms with Crippen LogP contribution in [0.1, 0.15) is 29.9 Å². The molecule has 0 aliphatic carbocycles. The highest BCUT2D eigenvalue weighted by Gasteiger charge is 2.37. The summed E-state index contributed by atoms with van der Waals surface area (Å²) in [6.45, 7) is 1.50. The zero-order chi connectivity index (χ0) is 23.6. The van der Waals surface area contributed by atoms with E-state index < -0.39 is 28.7 Å². The third kappa shape index (κ3) is 5.02. The lowest BCUT2D eigenvalue weighted by Crippen LogP contribution is -2.50. The summed E-state index contributed by atoms with van der Waals surface area (Å²) in [7, 11) is -4.18. The Balaban J connectivity index is 1.77. The van der Waals surface area contributed by atoms with Gasteiger partial charge in [-0.3, -0.25) is 0 Å². The van der Waals surface area contributed by atoms with Crippen molar-refractivity contribution < 1.29 is 27.1 Å². The Bertz CT molecular complexity index is 1050. The number of hydrogen-bond acceptors (Lipinski definition) is 8. The van der Waals surface area contributed by atoms with Gasteiger partial charge in [-0.1, -0.05) is 6.92 Å². The molecule has 29 heavy (non-hydrogen) atoms. The van der Waals surface area contributed by atoms with Crippen molar-refractivity contribution in [1.29, 1.82) is 0 Å². The molecule has 2 aromatic rings. The van der Waals surface area contributed by atoms with Crippen LogP contribution in [0.15, 0.2) is 35.4 Å². The maximum atomic E-state index is 12.1. The summed E-state index contributed by atoms with van der Waals surface area (Å²) in [5.74, 6) is 0.534. The molecule has 2 atom stereocenters. The fourth-order valence-electron chi connectivity index (χ4n) is 2.81. The van der Waals surface area contributed by atoms with Crippen LogP contribution < -0.4 is 14.8 Å². The van der Waals surface area contributed by atoms with Gasteiger partial charge in [-0.05, 0) is 44.6 Å². The van der Waals surface area contributed by atoms with Crippen LogP contribution in [0.2, 0.25) is 0 Å². The summed E-state index contributed by atoms with van der Waals surface area (Å²) < 4.78 is 58.5. The van der Waals surface area contributed by atoms with E-state index >= 15 is 0 Å². The molecule has 0 spiro atoms. The highest BCUT2D eigenvalue weighted by Crippen LogP contribution is 2.27. The van der Waals surface area contributed by atoms with E-state index in [9.17, 15) is 13.5 Å². The van der Waals surface area contributed by atoms with Crippen LogP contribution in [0.4, 0.5) is 11.6 Å². The number of hydrogen-bond donors (Lipinski definition) is 3. The molecule has 0 amide bonds. The molecule has 9 nitrogen and oxygen atoms in total. The monoisotopic (exact) mass is 425 g/mol. The number of sulfonamides is 1. The summed E-state index contributed by atoms with van der Waals surface area (Å²) in [5.41, 5.74) is 0.196. The first-order chi connectivity index (χ1) is 14.9. The standard InChI is InChI=1S/C19H26N4O5S/c1-4-13-11-21-18(22-14-5-7-15(8-6-14)29(25,26)20-3)23-17(13)28-16-12-27-10-9-19(16,2)24/h5-8,11,16,20,24H,4,9-10,12H2,1-3H3,(H,21,22,23)/t16-,19+/m1/s1/i3D3. The van der Waals surface area contributed by atoms with Gasteiger partial charge in [0.15, 0.2) is 6.10 Å². The molecule has 0 radical (unpaired) electrons. The van der Waals surface area contributed by atoms with Gasteiger partial charge >= 0.3 is 0 Å². The largest absolute Gasteiger partial charge is 0.468 e. The first-order valence-electron chi connectivity index (χ1n) is 10.6. The van der Waals surface area contributed by atoms with Crippen molar-refractivity contribution in [2.75, 3.05) is 25.5 Å². The van der Waals surface area contributed by atoms with Crippen molar-refractivity contribution in [1.82, 2.24) is 14.7 Å². The maximum absolute atomic E-state index is 12.1. The SMILES string of the molecule is [2H]C([2H])([2H])NS(=O)(=O)c1ccc(Nc2ncc(CC)c(O[C@@H]3COCC[C@]3(C)O)n2)cc1. The molecule has 0 bridgehead atoms. The van der Waals surface area contributed by atoms with Gasteiger partial charge in [-0.2, -0.15) is 4.98 Å². The molecule has 1 saturated heterocycles. The fraction of sp³-hybridized carbons (Fsp3) is 0.474. The highest BCUT2D eigenvalue weighted by atomic mass is 32.2. The molecule has 158 valence electrons. The summed E-state index contributed by atoms with van der Waals surface area (Å²) in [5, 5.41) is 13.5. The Hall–Kier alpha value is -2.27. The maximum Gasteiger partial charge on any atom is 0.240 e. The van der Waals surface area contributed by atoms with Crippen LogP contribution >= 0.6 is 0 Å². The van der Waals surface area contributed by atoms with E-state index in [-0.39, 0.29) is 17.5 Å². The number of aryl methyl sites for hydroxylation is 1. The number of nitrogens with one attached hydrogen (secondary N) is 2. The molecule has 1 aliphatic heterocycles. The second-order valence-electron chi connectivity index (χ2n) is 6.92. The molecule has 3 N–H and O–H groups in total. The summed E-state index contributed by atoms with van der Waals surface area (Å²) in [6.07, 6.45) is 2.09. The van der Waals surface area contributed by atoms with E-state index in [1.807, 2.05) is 6.92 Å². The lowest BCUT2D eigenvalue weighted by molar-refractivity contribution is -0.133. The van der Waals surface area contributed by atoms with E-state index in [4.69, 9.17) is 13.6 Å². The van der Waals surface area contributed by atoms with Crippen molar-refractivity contribution in [3.05, 3.63) is 36.0 Å². The number of aromatic nitrogens is 2. The molecule has 0 saturated carbocycles. The van der Waals surface area contributed by atoms with E-state index in [2.05, 4.69) is 15.3 Å². The van der Waals surface area contributed by atoms with Crippen LogP contribution in [-0.4, -0.2) is 55.4 Å². The van der Waals surface area contributed by atoms with Crippen molar-refractivity contribution in [2.24, 2.45) is 0 Å². The fourth-order valence-corrected chi connectivity index (χ4v) is 3.42. The van der Waals surface area contributed by atoms with E-state index in [1.54, 1.807) is 17.8 Å². The van der Waals surface area contributed by atoms with Gasteiger partial charge in [0, 0.05) is 34.6 Å². The predicted molar refractivity (Wildman–Crippen MR) is 108 cm³/mol. The molecular weight excluding hydrogens is 396 g/mol. The van der Waals surface area contributed by atoms with Crippen LogP contribution in [0.25, 0.3) is 0 Å². The molecule has 1 aromatic carbocycles. The smallest absolute Gasteiger partial charge is 0.240 e. The number of ether oxygens (including phenoxy) is 2. The van der Waals surface area contributed by atoms with Gasteiger partial charge < -0.3 is 19.9 Å². The molecule has 1 fully saturated rings. The van der Waals surface area contributed by atoms with E-state index in [0.29, 0.717) is 31.0 Å². The zero-order valence-electron chi connectivity index (χ0n) is 19.2. The van der Waals surface area contributed by atoms with Crippen molar-refractivity contribution in [3.8, 4) is 5.88 Å². The second kappa shape index (κ2) is 8.62. The van der Waals surface area contributed by atoms with Crippen LogP contribution in [-0.2, 0) is 21.2 Å². The minimum absolute atomic E-state index is 0.190. The van der Waals surface area contributed by atoms with Gasteiger partial charge in [0.25, 0.3) is 0 Å². The summed E-state index contributed by atoms with van der Waals surface area (Å²) in [4.78, 5) is 8.47. The van der Waals surface area contributed by atoms with Gasteiger partial charge in [0.2, 0.25) is 21.9 Å². The van der Waals surface area contributed by atoms with Crippen molar-refractivity contribution >= 4 is 21.7 Å². The lowest BCUT2D eigenvalue weighted by atomic mass is 9.94. The number of anilines is 2. The van der Waals surface area contributed by atoms with Crippen LogP contribution in [0, 0.1) is 0 Å². The highest BCUT2D eigenvalue weighted by molar-refractivity contribution is 7.89.